The minimum Gasteiger partial charge on any atom is -0.484 e. The average Bonchev–Trinajstić information content (AvgIpc) is 3.33. The first kappa shape index (κ1) is 15.4. The third-order valence-corrected chi connectivity index (χ3v) is 4.20. The first-order valence-electron chi connectivity index (χ1n) is 7.69. The summed E-state index contributed by atoms with van der Waals surface area (Å²) in [5.74, 6) is 3.09. The molecule has 0 atom stereocenters. The molecule has 2 aromatic carbocycles. The lowest BCUT2D eigenvalue weighted by Crippen LogP contribution is -1.96. The molecule has 0 bridgehead atoms. The number of benzene rings is 2. The first-order valence-corrected chi connectivity index (χ1v) is 8.57. The molecule has 2 aromatic heterocycles. The number of thiophene rings is 1. The number of ether oxygens (including phenoxy) is 2. The van der Waals surface area contributed by atoms with Crippen LogP contribution in [0.3, 0.4) is 0 Å². The second kappa shape index (κ2) is 7.19. The Morgan fingerprint density at radius 1 is 0.840 bits per heavy atom. The van der Waals surface area contributed by atoms with Crippen molar-refractivity contribution >= 4 is 11.3 Å². The number of nitrogens with zero attached hydrogens (tertiary/aromatic N) is 2. The fraction of sp³-hybridized carbons (Fsp3) is 0.0526. The Bertz CT molecular complexity index is 936. The molecule has 0 unspecified atom stereocenters. The van der Waals surface area contributed by atoms with E-state index in [0.29, 0.717) is 23.3 Å². The van der Waals surface area contributed by atoms with E-state index in [1.54, 1.807) is 11.3 Å². The Balaban J connectivity index is 1.41. The lowest BCUT2D eigenvalue weighted by Gasteiger charge is -2.08. The molecule has 0 aliphatic rings. The fourth-order valence-corrected chi connectivity index (χ4v) is 2.85. The van der Waals surface area contributed by atoms with Crippen LogP contribution in [0.15, 0.2) is 76.5 Å². The van der Waals surface area contributed by atoms with Gasteiger partial charge in [0.05, 0.1) is 4.88 Å². The Morgan fingerprint density at radius 3 is 2.52 bits per heavy atom. The number of hydrogen-bond acceptors (Lipinski definition) is 6. The van der Waals surface area contributed by atoms with Crippen LogP contribution in [0.5, 0.6) is 17.2 Å². The van der Waals surface area contributed by atoms with Gasteiger partial charge in [-0.05, 0) is 35.7 Å². The summed E-state index contributed by atoms with van der Waals surface area (Å²) in [6.45, 7) is 0.202. The Hall–Kier alpha value is -3.12. The lowest BCUT2D eigenvalue weighted by atomic mass is 10.3. The van der Waals surface area contributed by atoms with E-state index >= 15 is 0 Å². The van der Waals surface area contributed by atoms with E-state index in [0.717, 1.165) is 10.6 Å². The zero-order chi connectivity index (χ0) is 16.9. The zero-order valence-electron chi connectivity index (χ0n) is 13.2. The van der Waals surface area contributed by atoms with Crippen LogP contribution in [0.4, 0.5) is 0 Å². The molecule has 0 aliphatic heterocycles. The van der Waals surface area contributed by atoms with Gasteiger partial charge in [-0.15, -0.1) is 21.5 Å². The molecule has 0 fully saturated rings. The largest absolute Gasteiger partial charge is 0.484 e. The van der Waals surface area contributed by atoms with E-state index in [4.69, 9.17) is 13.9 Å². The summed E-state index contributed by atoms with van der Waals surface area (Å²) in [6, 6.07) is 20.9. The van der Waals surface area contributed by atoms with Gasteiger partial charge in [-0.1, -0.05) is 30.3 Å². The molecular formula is C19H14N2O3S. The molecule has 0 amide bonds. The highest BCUT2D eigenvalue weighted by atomic mass is 32.1. The highest BCUT2D eigenvalue weighted by molar-refractivity contribution is 7.13. The quantitative estimate of drug-likeness (QED) is 0.480. The van der Waals surface area contributed by atoms with Crippen molar-refractivity contribution in [3.05, 3.63) is 78.0 Å². The molecule has 0 spiro atoms. The molecule has 4 aromatic rings. The molecule has 0 radical (unpaired) electrons. The maximum atomic E-state index is 5.79. The van der Waals surface area contributed by atoms with Gasteiger partial charge in [0.2, 0.25) is 0 Å². The van der Waals surface area contributed by atoms with Crippen molar-refractivity contribution in [2.24, 2.45) is 0 Å². The summed E-state index contributed by atoms with van der Waals surface area (Å²) >= 11 is 1.55. The van der Waals surface area contributed by atoms with Crippen molar-refractivity contribution in [2.45, 2.75) is 6.61 Å². The normalized spacial score (nSPS) is 10.6. The Labute approximate surface area is 148 Å². The molecule has 6 heteroatoms. The van der Waals surface area contributed by atoms with Crippen molar-refractivity contribution in [1.82, 2.24) is 10.2 Å². The molecular weight excluding hydrogens is 336 g/mol. The van der Waals surface area contributed by atoms with Crippen molar-refractivity contribution in [1.29, 1.82) is 0 Å². The van der Waals surface area contributed by atoms with E-state index in [1.165, 1.54) is 0 Å². The maximum Gasteiger partial charge on any atom is 0.257 e. The van der Waals surface area contributed by atoms with E-state index in [1.807, 2.05) is 72.1 Å². The molecule has 0 saturated heterocycles. The van der Waals surface area contributed by atoms with E-state index in [9.17, 15) is 0 Å². The van der Waals surface area contributed by atoms with Crippen LogP contribution in [0.2, 0.25) is 0 Å². The van der Waals surface area contributed by atoms with Gasteiger partial charge in [0, 0.05) is 6.07 Å². The van der Waals surface area contributed by atoms with Gasteiger partial charge in [0.1, 0.15) is 17.2 Å². The van der Waals surface area contributed by atoms with Crippen LogP contribution in [-0.2, 0) is 6.61 Å². The number of aromatic nitrogens is 2. The molecule has 5 nitrogen and oxygen atoms in total. The van der Waals surface area contributed by atoms with E-state index in [-0.39, 0.29) is 6.61 Å². The van der Waals surface area contributed by atoms with E-state index in [2.05, 4.69) is 10.2 Å². The third-order valence-electron chi connectivity index (χ3n) is 3.35. The van der Waals surface area contributed by atoms with Crippen LogP contribution in [-0.4, -0.2) is 10.2 Å². The van der Waals surface area contributed by atoms with Crippen LogP contribution < -0.4 is 9.47 Å². The van der Waals surface area contributed by atoms with Crippen molar-refractivity contribution < 1.29 is 13.9 Å². The average molecular weight is 350 g/mol. The van der Waals surface area contributed by atoms with Crippen LogP contribution >= 0.6 is 11.3 Å². The van der Waals surface area contributed by atoms with Gasteiger partial charge < -0.3 is 13.9 Å². The predicted octanol–water partition coefficient (Wildman–Crippen LogP) is 5.17. The van der Waals surface area contributed by atoms with Gasteiger partial charge in [0.25, 0.3) is 11.8 Å². The highest BCUT2D eigenvalue weighted by Gasteiger charge is 2.10. The molecule has 0 aliphatic carbocycles. The summed E-state index contributed by atoms with van der Waals surface area (Å²) in [7, 11) is 0. The lowest BCUT2D eigenvalue weighted by molar-refractivity contribution is 0.263. The molecule has 2 heterocycles. The van der Waals surface area contributed by atoms with Crippen molar-refractivity contribution in [2.75, 3.05) is 0 Å². The van der Waals surface area contributed by atoms with Crippen molar-refractivity contribution in [3.8, 4) is 28.0 Å². The molecule has 0 saturated carbocycles. The summed E-state index contributed by atoms with van der Waals surface area (Å²) in [4.78, 5) is 0.942. The summed E-state index contributed by atoms with van der Waals surface area (Å²) in [6.07, 6.45) is 0. The Kier molecular flexibility index (Phi) is 4.43. The van der Waals surface area contributed by atoms with Gasteiger partial charge in [-0.3, -0.25) is 0 Å². The number of para-hydroxylation sites is 1. The monoisotopic (exact) mass is 350 g/mol. The molecule has 25 heavy (non-hydrogen) atoms. The minimum atomic E-state index is 0.202. The topological polar surface area (TPSA) is 57.4 Å². The highest BCUT2D eigenvalue weighted by Crippen LogP contribution is 2.26. The predicted molar refractivity (Wildman–Crippen MR) is 94.9 cm³/mol. The van der Waals surface area contributed by atoms with Gasteiger partial charge in [-0.2, -0.15) is 0 Å². The van der Waals surface area contributed by atoms with Crippen molar-refractivity contribution in [3.63, 3.8) is 0 Å². The van der Waals surface area contributed by atoms with Gasteiger partial charge in [0.15, 0.2) is 6.61 Å². The zero-order valence-corrected chi connectivity index (χ0v) is 14.0. The Morgan fingerprint density at radius 2 is 1.68 bits per heavy atom. The molecule has 124 valence electrons. The van der Waals surface area contributed by atoms with Crippen LogP contribution in [0.25, 0.3) is 10.8 Å². The van der Waals surface area contributed by atoms with Crippen LogP contribution in [0.1, 0.15) is 5.89 Å². The third kappa shape index (κ3) is 3.87. The number of rotatable bonds is 6. The summed E-state index contributed by atoms with van der Waals surface area (Å²) < 4.78 is 17.1. The smallest absolute Gasteiger partial charge is 0.257 e. The van der Waals surface area contributed by atoms with Gasteiger partial charge >= 0.3 is 0 Å². The second-order valence-corrected chi connectivity index (χ2v) is 6.10. The fourth-order valence-electron chi connectivity index (χ4n) is 2.21. The summed E-state index contributed by atoms with van der Waals surface area (Å²) in [5.41, 5.74) is 0. The second-order valence-electron chi connectivity index (χ2n) is 5.16. The minimum absolute atomic E-state index is 0.202. The SMILES string of the molecule is c1ccc(Oc2cccc(OCc3nnc(-c4cccs4)o3)c2)cc1. The molecule has 0 N–H and O–H groups in total. The standard InChI is InChI=1S/C19H14N2O3S/c1-2-6-14(7-3-1)23-16-9-4-8-15(12-16)22-13-18-20-21-19(24-18)17-10-5-11-25-17/h1-12H,13H2. The van der Waals surface area contributed by atoms with Crippen LogP contribution in [0, 0.1) is 0 Å². The summed E-state index contributed by atoms with van der Waals surface area (Å²) in [5, 5.41) is 10.0. The first-order chi connectivity index (χ1) is 12.4. The molecule has 4 rings (SSSR count). The van der Waals surface area contributed by atoms with E-state index < -0.39 is 0 Å². The van der Waals surface area contributed by atoms with Gasteiger partial charge in [-0.25, -0.2) is 0 Å². The maximum absolute atomic E-state index is 5.79. The number of hydrogen-bond donors (Lipinski definition) is 0.